The number of hydrogen-bond donors (Lipinski definition) is 1. The third-order valence-corrected chi connectivity index (χ3v) is 6.92. The zero-order valence-electron chi connectivity index (χ0n) is 16.7. The number of benzene rings is 1. The van der Waals surface area contributed by atoms with Gasteiger partial charge in [0.1, 0.15) is 5.82 Å². The molecule has 1 amide bonds. The number of piperazine rings is 1. The number of amides is 1. The molecule has 0 saturated carbocycles. The molecule has 0 spiro atoms. The second-order valence-electron chi connectivity index (χ2n) is 7.17. The van der Waals surface area contributed by atoms with Crippen LogP contribution in [-0.2, 0) is 28.3 Å². The lowest BCUT2D eigenvalue weighted by Gasteiger charge is -2.34. The van der Waals surface area contributed by atoms with Crippen molar-refractivity contribution in [3.05, 3.63) is 24.0 Å². The van der Waals surface area contributed by atoms with E-state index in [-0.39, 0.29) is 29.3 Å². The summed E-state index contributed by atoms with van der Waals surface area (Å²) in [5.41, 5.74) is 1.48. The lowest BCUT2D eigenvalue weighted by atomic mass is 10.2. The predicted molar refractivity (Wildman–Crippen MR) is 111 cm³/mol. The smallest absolute Gasteiger partial charge is 0.242 e. The summed E-state index contributed by atoms with van der Waals surface area (Å²) in [5, 5.41) is 3.28. The van der Waals surface area contributed by atoms with Crippen molar-refractivity contribution in [2.24, 2.45) is 7.05 Å². The highest BCUT2D eigenvalue weighted by molar-refractivity contribution is 7.89. The van der Waals surface area contributed by atoms with Crippen LogP contribution in [0.1, 0.15) is 19.2 Å². The van der Waals surface area contributed by atoms with Crippen molar-refractivity contribution in [3.63, 3.8) is 0 Å². The predicted octanol–water partition coefficient (Wildman–Crippen LogP) is 0.998. The summed E-state index contributed by atoms with van der Waals surface area (Å²) in [7, 11) is 1.40. The van der Waals surface area contributed by atoms with Gasteiger partial charge in [-0.15, -0.1) is 12.4 Å². The normalized spacial score (nSPS) is 17.8. The van der Waals surface area contributed by atoms with E-state index in [1.165, 1.54) is 18.4 Å². The molecule has 2 aromatic rings. The van der Waals surface area contributed by atoms with Crippen molar-refractivity contribution in [3.8, 4) is 0 Å². The van der Waals surface area contributed by atoms with Crippen LogP contribution >= 0.6 is 12.4 Å². The Labute approximate surface area is 172 Å². The Kier molecular flexibility index (Phi) is 7.08. The third-order valence-electron chi connectivity index (χ3n) is 5.11. The van der Waals surface area contributed by atoms with Gasteiger partial charge in [0, 0.05) is 59.7 Å². The molecule has 3 rings (SSSR count). The van der Waals surface area contributed by atoms with Crippen molar-refractivity contribution >= 4 is 39.4 Å². The number of rotatable bonds is 5. The fraction of sp³-hybridized carbons (Fsp3) is 0.556. The van der Waals surface area contributed by atoms with Crippen LogP contribution in [0.15, 0.2) is 23.1 Å². The number of nitrogens with zero attached hydrogens (tertiary/aromatic N) is 4. The third kappa shape index (κ3) is 4.32. The van der Waals surface area contributed by atoms with Crippen molar-refractivity contribution < 1.29 is 13.2 Å². The number of carbonyl (C=O) groups excluding carboxylic acids is 1. The van der Waals surface area contributed by atoms with E-state index in [4.69, 9.17) is 0 Å². The van der Waals surface area contributed by atoms with Gasteiger partial charge in [-0.2, -0.15) is 0 Å². The van der Waals surface area contributed by atoms with Crippen molar-refractivity contribution in [1.29, 1.82) is 0 Å². The number of hydrogen-bond acceptors (Lipinski definition) is 5. The van der Waals surface area contributed by atoms with E-state index in [1.54, 1.807) is 18.2 Å². The molecule has 0 radical (unpaired) electrons. The van der Waals surface area contributed by atoms with Crippen LogP contribution in [0.5, 0.6) is 0 Å². The minimum Gasteiger partial charge on any atom is -0.337 e. The summed E-state index contributed by atoms with van der Waals surface area (Å²) in [6.45, 7) is 4.42. The number of carbonyl (C=O) groups is 1. The summed E-state index contributed by atoms with van der Waals surface area (Å²) in [6, 6.07) is 5.15. The largest absolute Gasteiger partial charge is 0.337 e. The van der Waals surface area contributed by atoms with Crippen LogP contribution in [0.2, 0.25) is 0 Å². The first-order valence-electron chi connectivity index (χ1n) is 9.10. The number of imidazole rings is 1. The molecule has 0 aliphatic carbocycles. The zero-order valence-corrected chi connectivity index (χ0v) is 18.3. The highest BCUT2D eigenvalue weighted by atomic mass is 35.5. The minimum atomic E-state index is -3.50. The first kappa shape index (κ1) is 22.6. The number of nitrogens with one attached hydrogen (secondary N) is 1. The maximum absolute atomic E-state index is 12.5. The minimum absolute atomic E-state index is 0. The lowest BCUT2D eigenvalue weighted by molar-refractivity contribution is -0.133. The molecule has 1 N–H and O–H groups in total. The van der Waals surface area contributed by atoms with E-state index >= 15 is 0 Å². The molecule has 8 nitrogen and oxygen atoms in total. The van der Waals surface area contributed by atoms with E-state index in [0.29, 0.717) is 18.4 Å². The van der Waals surface area contributed by atoms with Crippen LogP contribution in [0.3, 0.4) is 0 Å². The van der Waals surface area contributed by atoms with Crippen LogP contribution in [0, 0.1) is 0 Å². The molecule has 1 atom stereocenters. The quantitative estimate of drug-likeness (QED) is 0.766. The topological polar surface area (TPSA) is 87.5 Å². The summed E-state index contributed by atoms with van der Waals surface area (Å²) in [6.07, 6.45) is 0.917. The first-order valence-corrected chi connectivity index (χ1v) is 10.5. The van der Waals surface area contributed by atoms with Gasteiger partial charge in [0.2, 0.25) is 15.9 Å². The zero-order chi connectivity index (χ0) is 19.8. The number of aryl methyl sites for hydroxylation is 2. The van der Waals surface area contributed by atoms with Crippen LogP contribution in [-0.4, -0.2) is 72.9 Å². The Balaban J connectivity index is 0.00000280. The number of aromatic nitrogens is 2. The molecular weight excluding hydrogens is 402 g/mol. The summed E-state index contributed by atoms with van der Waals surface area (Å²) < 4.78 is 27.8. The van der Waals surface area contributed by atoms with Gasteiger partial charge < -0.3 is 14.8 Å². The van der Waals surface area contributed by atoms with Crippen LogP contribution in [0.25, 0.3) is 11.0 Å². The Morgan fingerprint density at radius 2 is 2.07 bits per heavy atom. The van der Waals surface area contributed by atoms with Gasteiger partial charge >= 0.3 is 0 Å². The second-order valence-corrected chi connectivity index (χ2v) is 9.32. The van der Waals surface area contributed by atoms with Gasteiger partial charge in [0.25, 0.3) is 0 Å². The number of sulfonamides is 1. The van der Waals surface area contributed by atoms with Gasteiger partial charge in [0.15, 0.2) is 0 Å². The average molecular weight is 430 g/mol. The molecule has 1 aromatic heterocycles. The number of halogens is 1. The fourth-order valence-corrected chi connectivity index (χ4v) is 4.32. The molecule has 1 saturated heterocycles. The van der Waals surface area contributed by atoms with E-state index in [9.17, 15) is 13.2 Å². The van der Waals surface area contributed by atoms with Gasteiger partial charge in [-0.25, -0.2) is 17.7 Å². The summed E-state index contributed by atoms with van der Waals surface area (Å²) in [4.78, 5) is 19.3. The van der Waals surface area contributed by atoms with E-state index < -0.39 is 10.0 Å². The highest BCUT2D eigenvalue weighted by Gasteiger charge is 2.23. The Morgan fingerprint density at radius 3 is 2.71 bits per heavy atom. The van der Waals surface area contributed by atoms with E-state index in [1.807, 2.05) is 23.4 Å². The van der Waals surface area contributed by atoms with Gasteiger partial charge in [-0.3, -0.25) is 4.79 Å². The van der Waals surface area contributed by atoms with E-state index in [2.05, 4.69) is 10.3 Å². The molecule has 1 unspecified atom stereocenters. The Hall–Kier alpha value is -1.68. The van der Waals surface area contributed by atoms with Gasteiger partial charge in [-0.1, -0.05) is 0 Å². The standard InChI is InChI=1S/C18H27N5O3S.ClH/c1-13-12-19-9-10-23(13)18(24)8-7-17-20-15-11-14(27(25,26)21(2)3)5-6-16(15)22(17)4;/h5-6,11,13,19H,7-10,12H2,1-4H3;1H. The molecular formula is C18H28ClN5O3S. The molecule has 156 valence electrons. The molecule has 28 heavy (non-hydrogen) atoms. The SMILES string of the molecule is CC1CNCCN1C(=O)CCc1nc2cc(S(=O)(=O)N(C)C)ccc2n1C.Cl. The molecule has 2 heterocycles. The molecule has 1 fully saturated rings. The fourth-order valence-electron chi connectivity index (χ4n) is 3.40. The van der Waals surface area contributed by atoms with Gasteiger partial charge in [-0.05, 0) is 25.1 Å². The molecule has 1 aliphatic heterocycles. The van der Waals surface area contributed by atoms with Crippen molar-refractivity contribution in [2.75, 3.05) is 33.7 Å². The monoisotopic (exact) mass is 429 g/mol. The van der Waals surface area contributed by atoms with Gasteiger partial charge in [0.05, 0.1) is 15.9 Å². The van der Waals surface area contributed by atoms with Crippen LogP contribution in [0.4, 0.5) is 0 Å². The highest BCUT2D eigenvalue weighted by Crippen LogP contribution is 2.22. The maximum Gasteiger partial charge on any atom is 0.242 e. The summed E-state index contributed by atoms with van der Waals surface area (Å²) in [5.74, 6) is 0.910. The van der Waals surface area contributed by atoms with Crippen molar-refractivity contribution in [2.45, 2.75) is 30.7 Å². The molecule has 0 bridgehead atoms. The Bertz CT molecular complexity index is 958. The first-order chi connectivity index (χ1) is 12.7. The Morgan fingerprint density at radius 1 is 1.36 bits per heavy atom. The van der Waals surface area contributed by atoms with E-state index in [0.717, 1.165) is 31.0 Å². The van der Waals surface area contributed by atoms with Crippen LogP contribution < -0.4 is 5.32 Å². The molecule has 1 aliphatic rings. The molecule has 10 heteroatoms. The maximum atomic E-state index is 12.5. The average Bonchev–Trinajstić information content (AvgIpc) is 2.95. The molecule has 1 aromatic carbocycles. The van der Waals surface area contributed by atoms with Crippen molar-refractivity contribution in [1.82, 2.24) is 24.1 Å². The summed E-state index contributed by atoms with van der Waals surface area (Å²) >= 11 is 0. The lowest BCUT2D eigenvalue weighted by Crippen LogP contribution is -2.52. The second kappa shape index (κ2) is 8.77. The number of fused-ring (bicyclic) bond motifs is 1.